The normalized spacial score (nSPS) is 15.3. The minimum Gasteiger partial charge on any atom is -0.432 e. The van der Waals surface area contributed by atoms with Gasteiger partial charge >= 0.3 is 13.8 Å². The molecule has 0 N–H and O–H groups in total. The minimum absolute atomic E-state index is 0.255. The first-order chi connectivity index (χ1) is 8.12. The van der Waals surface area contributed by atoms with Gasteiger partial charge in [0.05, 0.1) is 17.9 Å². The zero-order valence-corrected chi connectivity index (χ0v) is 12.8. The van der Waals surface area contributed by atoms with E-state index in [2.05, 4.69) is 4.74 Å². The topological polar surface area (TPSA) is 71.1 Å². The zero-order chi connectivity index (χ0) is 14.4. The molecule has 6 nitrogen and oxygen atoms in total. The molecule has 0 aliphatic carbocycles. The summed E-state index contributed by atoms with van der Waals surface area (Å²) in [6, 6.07) is 0. The van der Waals surface area contributed by atoms with E-state index < -0.39 is 25.7 Å². The van der Waals surface area contributed by atoms with Crippen molar-refractivity contribution in [3.05, 3.63) is 0 Å². The Labute approximate surface area is 108 Å². The molecule has 0 aromatic heterocycles. The van der Waals surface area contributed by atoms with Crippen LogP contribution in [0, 0.1) is 0 Å². The molecule has 1 atom stereocenters. The minimum atomic E-state index is -3.33. The Morgan fingerprint density at radius 3 is 2.17 bits per heavy atom. The van der Waals surface area contributed by atoms with Gasteiger partial charge in [-0.15, -0.1) is 0 Å². The van der Waals surface area contributed by atoms with Crippen molar-refractivity contribution in [1.82, 2.24) is 0 Å². The van der Waals surface area contributed by atoms with Crippen LogP contribution in [0.4, 0.5) is 4.79 Å². The van der Waals surface area contributed by atoms with Gasteiger partial charge in [0.15, 0.2) is 0 Å². The van der Waals surface area contributed by atoms with Crippen molar-refractivity contribution in [3.8, 4) is 0 Å². The van der Waals surface area contributed by atoms with Gasteiger partial charge in [-0.2, -0.15) is 0 Å². The van der Waals surface area contributed by atoms with Crippen LogP contribution in [0.3, 0.4) is 0 Å². The maximum Gasteiger partial charge on any atom is 0.510 e. The number of hydrogen-bond acceptors (Lipinski definition) is 6. The van der Waals surface area contributed by atoms with E-state index in [1.165, 1.54) is 0 Å². The van der Waals surface area contributed by atoms with Gasteiger partial charge in [-0.3, -0.25) is 9.09 Å². The third kappa shape index (κ3) is 5.85. The lowest BCUT2D eigenvalue weighted by molar-refractivity contribution is -0.0143. The summed E-state index contributed by atoms with van der Waals surface area (Å²) in [5.41, 5.74) is 0. The smallest absolute Gasteiger partial charge is 0.432 e. The van der Waals surface area contributed by atoms with E-state index in [1.54, 1.807) is 41.5 Å². The highest BCUT2D eigenvalue weighted by molar-refractivity contribution is 7.55. The van der Waals surface area contributed by atoms with Crippen LogP contribution >= 0.6 is 7.60 Å². The average Bonchev–Trinajstić information content (AvgIpc) is 2.14. The molecule has 0 rings (SSSR count). The molecule has 0 aliphatic rings. The number of hydrogen-bond donors (Lipinski definition) is 0. The van der Waals surface area contributed by atoms with E-state index >= 15 is 0 Å². The third-order valence-corrected chi connectivity index (χ3v) is 4.54. The second-order valence-corrected chi connectivity index (χ2v) is 7.75. The van der Waals surface area contributed by atoms with E-state index in [1.807, 2.05) is 0 Å². The summed E-state index contributed by atoms with van der Waals surface area (Å²) in [6.45, 7) is 10.1. The van der Waals surface area contributed by atoms with E-state index in [4.69, 9.17) is 13.8 Å². The van der Waals surface area contributed by atoms with Crippen LogP contribution in [0.25, 0.3) is 0 Å². The van der Waals surface area contributed by atoms with Gasteiger partial charge in [0, 0.05) is 0 Å². The summed E-state index contributed by atoms with van der Waals surface area (Å²) >= 11 is 0. The van der Waals surface area contributed by atoms with Crippen LogP contribution in [-0.2, 0) is 23.1 Å². The van der Waals surface area contributed by atoms with Crippen LogP contribution in [0.5, 0.6) is 0 Å². The SMILES string of the molecule is CCOP(=O)(OCOC(=O)OC(C)C)C(C)(C)C. The van der Waals surface area contributed by atoms with E-state index in [0.717, 1.165) is 0 Å². The van der Waals surface area contributed by atoms with Crippen LogP contribution in [0.2, 0.25) is 0 Å². The van der Waals surface area contributed by atoms with Crippen LogP contribution < -0.4 is 0 Å². The van der Waals surface area contributed by atoms with Gasteiger partial charge in [0.1, 0.15) is 0 Å². The van der Waals surface area contributed by atoms with Crippen molar-refractivity contribution in [3.63, 3.8) is 0 Å². The Morgan fingerprint density at radius 1 is 1.22 bits per heavy atom. The molecule has 0 bridgehead atoms. The number of carbonyl (C=O) groups is 1. The molecule has 0 fully saturated rings. The molecule has 0 saturated heterocycles. The molecule has 0 saturated carbocycles. The number of rotatable bonds is 6. The lowest BCUT2D eigenvalue weighted by Gasteiger charge is -2.28. The molecule has 0 aliphatic heterocycles. The molecular formula is C11H23O6P. The summed E-state index contributed by atoms with van der Waals surface area (Å²) in [7, 11) is -3.33. The van der Waals surface area contributed by atoms with Crippen molar-refractivity contribution in [2.45, 2.75) is 52.8 Å². The Kier molecular flexibility index (Phi) is 6.89. The molecule has 0 amide bonds. The first-order valence-corrected chi connectivity index (χ1v) is 7.39. The first kappa shape index (κ1) is 17.4. The predicted molar refractivity (Wildman–Crippen MR) is 67.6 cm³/mol. The summed E-state index contributed by atoms with van der Waals surface area (Å²) < 4.78 is 32.0. The summed E-state index contributed by atoms with van der Waals surface area (Å²) in [5, 5.41) is -0.686. The Hall–Kier alpha value is -0.580. The molecule has 0 radical (unpaired) electrons. The van der Waals surface area contributed by atoms with Crippen molar-refractivity contribution in [2.75, 3.05) is 13.4 Å². The highest BCUT2D eigenvalue weighted by atomic mass is 31.2. The predicted octanol–water partition coefficient (Wildman–Crippen LogP) is 3.55. The zero-order valence-electron chi connectivity index (χ0n) is 11.9. The highest BCUT2D eigenvalue weighted by Gasteiger charge is 2.39. The molecule has 0 aromatic carbocycles. The molecule has 7 heteroatoms. The second kappa shape index (κ2) is 7.12. The van der Waals surface area contributed by atoms with Crippen molar-refractivity contribution in [2.24, 2.45) is 0 Å². The molecular weight excluding hydrogens is 259 g/mol. The quantitative estimate of drug-likeness (QED) is 0.421. The van der Waals surface area contributed by atoms with Crippen molar-refractivity contribution in [1.29, 1.82) is 0 Å². The van der Waals surface area contributed by atoms with Crippen molar-refractivity contribution >= 4 is 13.8 Å². The monoisotopic (exact) mass is 282 g/mol. The maximum atomic E-state index is 12.4. The Balaban J connectivity index is 4.31. The Morgan fingerprint density at radius 2 is 1.78 bits per heavy atom. The van der Waals surface area contributed by atoms with E-state index in [-0.39, 0.29) is 12.7 Å². The van der Waals surface area contributed by atoms with Gasteiger partial charge in [0.25, 0.3) is 0 Å². The largest absolute Gasteiger partial charge is 0.510 e. The van der Waals surface area contributed by atoms with Crippen molar-refractivity contribution < 1.29 is 27.9 Å². The average molecular weight is 282 g/mol. The second-order valence-electron chi connectivity index (χ2n) is 4.89. The highest BCUT2D eigenvalue weighted by Crippen LogP contribution is 2.59. The van der Waals surface area contributed by atoms with Gasteiger partial charge in [-0.05, 0) is 41.5 Å². The Bertz CT molecular complexity index is 307. The number of ether oxygens (including phenoxy) is 2. The van der Waals surface area contributed by atoms with Gasteiger partial charge < -0.3 is 14.0 Å². The van der Waals surface area contributed by atoms with Gasteiger partial charge in [0.2, 0.25) is 6.79 Å². The maximum absolute atomic E-state index is 12.4. The fraction of sp³-hybridized carbons (Fsp3) is 0.909. The molecule has 0 heterocycles. The molecule has 1 unspecified atom stereocenters. The fourth-order valence-corrected chi connectivity index (χ4v) is 2.35. The lowest BCUT2D eigenvalue weighted by Crippen LogP contribution is -2.21. The van der Waals surface area contributed by atoms with Gasteiger partial charge in [-0.1, -0.05) is 0 Å². The van der Waals surface area contributed by atoms with Crippen LogP contribution in [0.15, 0.2) is 0 Å². The van der Waals surface area contributed by atoms with Crippen LogP contribution in [0.1, 0.15) is 41.5 Å². The molecule has 0 spiro atoms. The summed E-state index contributed by atoms with van der Waals surface area (Å²) in [6.07, 6.45) is -1.14. The number of carbonyl (C=O) groups excluding carboxylic acids is 1. The fourth-order valence-electron chi connectivity index (χ4n) is 0.965. The molecule has 0 aromatic rings. The molecule has 108 valence electrons. The third-order valence-electron chi connectivity index (χ3n) is 1.85. The van der Waals surface area contributed by atoms with E-state index in [9.17, 15) is 9.36 Å². The standard InChI is InChI=1S/C11H23O6P/c1-7-15-18(13,11(4,5)6)16-8-14-10(12)17-9(2)3/h9H,7-8H2,1-6H3. The first-order valence-electron chi connectivity index (χ1n) is 5.85. The molecule has 18 heavy (non-hydrogen) atoms. The van der Waals surface area contributed by atoms with Gasteiger partial charge in [-0.25, -0.2) is 4.79 Å². The summed E-state index contributed by atoms with van der Waals surface area (Å²) in [4.78, 5) is 11.1. The van der Waals surface area contributed by atoms with Crippen LogP contribution in [-0.4, -0.2) is 30.8 Å². The summed E-state index contributed by atoms with van der Waals surface area (Å²) in [5.74, 6) is 0. The lowest BCUT2D eigenvalue weighted by atomic mass is 10.3. The van der Waals surface area contributed by atoms with E-state index in [0.29, 0.717) is 0 Å².